The molecule has 2 unspecified atom stereocenters. The zero-order valence-electron chi connectivity index (χ0n) is 7.57. The molecule has 78 valence electrons. The molecule has 1 aliphatic carbocycles. The first-order chi connectivity index (χ1) is 5.97. The zero-order chi connectivity index (χ0) is 9.90. The maximum absolute atomic E-state index is 10.6. The van der Waals surface area contributed by atoms with Gasteiger partial charge < -0.3 is 11.1 Å². The fraction of sp³-hybridized carbons (Fsp3) is 1.00. The minimum absolute atomic E-state index is 0.00125. The Hall–Kier alpha value is -0.170. The van der Waals surface area contributed by atoms with Gasteiger partial charge in [-0.15, -0.1) is 0 Å². The third-order valence-corrected chi connectivity index (χ3v) is 3.07. The normalized spacial score (nSPS) is 29.4. The SMILES string of the molecule is NC1CCC(NCCS(N)(=O)=O)C1. The molecule has 5 nitrogen and oxygen atoms in total. The van der Waals surface area contributed by atoms with Gasteiger partial charge in [-0.05, 0) is 19.3 Å². The predicted octanol–water partition coefficient (Wildman–Crippen LogP) is -1.26. The van der Waals surface area contributed by atoms with Crippen molar-refractivity contribution in [2.75, 3.05) is 12.3 Å². The highest BCUT2D eigenvalue weighted by molar-refractivity contribution is 7.89. The van der Waals surface area contributed by atoms with E-state index in [0.29, 0.717) is 12.6 Å². The van der Waals surface area contributed by atoms with Crippen molar-refractivity contribution in [1.29, 1.82) is 0 Å². The van der Waals surface area contributed by atoms with Crippen molar-refractivity contribution in [1.82, 2.24) is 5.32 Å². The molecule has 0 amide bonds. The molecular formula is C7H17N3O2S. The quantitative estimate of drug-likeness (QED) is 0.536. The highest BCUT2D eigenvalue weighted by Gasteiger charge is 2.20. The van der Waals surface area contributed by atoms with Gasteiger partial charge in [0.05, 0.1) is 5.75 Å². The molecule has 0 heterocycles. The zero-order valence-corrected chi connectivity index (χ0v) is 8.39. The van der Waals surface area contributed by atoms with Crippen molar-refractivity contribution in [3.05, 3.63) is 0 Å². The Bertz CT molecular complexity index is 252. The van der Waals surface area contributed by atoms with Crippen LogP contribution in [0, 0.1) is 0 Å². The molecule has 1 saturated carbocycles. The van der Waals surface area contributed by atoms with Crippen LogP contribution in [0.4, 0.5) is 0 Å². The van der Waals surface area contributed by atoms with Crippen LogP contribution in [-0.2, 0) is 10.0 Å². The number of rotatable bonds is 4. The molecular weight excluding hydrogens is 190 g/mol. The van der Waals surface area contributed by atoms with E-state index in [1.165, 1.54) is 0 Å². The van der Waals surface area contributed by atoms with Gasteiger partial charge >= 0.3 is 0 Å². The van der Waals surface area contributed by atoms with E-state index < -0.39 is 10.0 Å². The van der Waals surface area contributed by atoms with Crippen LogP contribution in [0.5, 0.6) is 0 Å². The lowest BCUT2D eigenvalue weighted by Crippen LogP contribution is -2.34. The Balaban J connectivity index is 2.14. The van der Waals surface area contributed by atoms with E-state index in [-0.39, 0.29) is 11.8 Å². The third kappa shape index (κ3) is 4.56. The van der Waals surface area contributed by atoms with E-state index in [2.05, 4.69) is 5.32 Å². The highest BCUT2D eigenvalue weighted by Crippen LogP contribution is 2.16. The third-order valence-electron chi connectivity index (χ3n) is 2.29. The van der Waals surface area contributed by atoms with Gasteiger partial charge in [0.25, 0.3) is 0 Å². The van der Waals surface area contributed by atoms with Crippen LogP contribution in [0.1, 0.15) is 19.3 Å². The van der Waals surface area contributed by atoms with E-state index in [1.54, 1.807) is 0 Å². The van der Waals surface area contributed by atoms with E-state index >= 15 is 0 Å². The summed E-state index contributed by atoms with van der Waals surface area (Å²) < 4.78 is 21.2. The van der Waals surface area contributed by atoms with Gasteiger partial charge in [-0.2, -0.15) is 0 Å². The number of nitrogens with two attached hydrogens (primary N) is 2. The molecule has 0 aromatic carbocycles. The second-order valence-electron chi connectivity index (χ2n) is 3.59. The summed E-state index contributed by atoms with van der Waals surface area (Å²) in [5.74, 6) is -0.00125. The van der Waals surface area contributed by atoms with Crippen LogP contribution in [0.15, 0.2) is 0 Å². The Morgan fingerprint density at radius 1 is 1.38 bits per heavy atom. The van der Waals surface area contributed by atoms with Crippen LogP contribution in [0.3, 0.4) is 0 Å². The second kappa shape index (κ2) is 4.36. The number of sulfonamides is 1. The minimum Gasteiger partial charge on any atom is -0.328 e. The molecule has 0 aromatic rings. The standard InChI is InChI=1S/C7H17N3O2S/c8-6-1-2-7(5-6)10-3-4-13(9,11)12/h6-7,10H,1-5,8H2,(H2,9,11,12). The largest absolute Gasteiger partial charge is 0.328 e. The fourth-order valence-electron chi connectivity index (χ4n) is 1.61. The summed E-state index contributed by atoms with van der Waals surface area (Å²) in [4.78, 5) is 0. The van der Waals surface area contributed by atoms with Crippen LogP contribution in [0.25, 0.3) is 0 Å². The monoisotopic (exact) mass is 207 g/mol. The molecule has 1 rings (SSSR count). The van der Waals surface area contributed by atoms with Crippen LogP contribution in [0.2, 0.25) is 0 Å². The summed E-state index contributed by atoms with van der Waals surface area (Å²) in [5.41, 5.74) is 5.70. The van der Waals surface area contributed by atoms with Crippen molar-refractivity contribution < 1.29 is 8.42 Å². The van der Waals surface area contributed by atoms with Gasteiger partial charge in [0.2, 0.25) is 10.0 Å². The summed E-state index contributed by atoms with van der Waals surface area (Å²) in [6.45, 7) is 0.427. The molecule has 5 N–H and O–H groups in total. The molecule has 0 spiro atoms. The fourth-order valence-corrected chi connectivity index (χ4v) is 2.01. The molecule has 0 aromatic heterocycles. The average molecular weight is 207 g/mol. The van der Waals surface area contributed by atoms with Crippen molar-refractivity contribution in [2.24, 2.45) is 10.9 Å². The van der Waals surface area contributed by atoms with Crippen molar-refractivity contribution in [2.45, 2.75) is 31.3 Å². The first kappa shape index (κ1) is 10.9. The topological polar surface area (TPSA) is 98.2 Å². The molecule has 0 saturated heterocycles. The van der Waals surface area contributed by atoms with E-state index in [0.717, 1.165) is 19.3 Å². The van der Waals surface area contributed by atoms with Gasteiger partial charge in [0.15, 0.2) is 0 Å². The van der Waals surface area contributed by atoms with Gasteiger partial charge in [0.1, 0.15) is 0 Å². The smallest absolute Gasteiger partial charge is 0.210 e. The number of hydrogen-bond acceptors (Lipinski definition) is 4. The summed E-state index contributed by atoms with van der Waals surface area (Å²) in [6.07, 6.45) is 2.99. The van der Waals surface area contributed by atoms with Crippen molar-refractivity contribution in [3.8, 4) is 0 Å². The van der Waals surface area contributed by atoms with Gasteiger partial charge in [0, 0.05) is 18.6 Å². The molecule has 6 heteroatoms. The van der Waals surface area contributed by atoms with Crippen molar-refractivity contribution in [3.63, 3.8) is 0 Å². The molecule has 0 aliphatic heterocycles. The second-order valence-corrected chi connectivity index (χ2v) is 5.33. The first-order valence-corrected chi connectivity index (χ1v) is 6.18. The number of primary sulfonamides is 1. The van der Waals surface area contributed by atoms with Crippen LogP contribution in [-0.4, -0.2) is 32.8 Å². The maximum Gasteiger partial charge on any atom is 0.210 e. The maximum atomic E-state index is 10.6. The van der Waals surface area contributed by atoms with Gasteiger partial charge in [-0.25, -0.2) is 13.6 Å². The van der Waals surface area contributed by atoms with Gasteiger partial charge in [-0.1, -0.05) is 0 Å². The summed E-state index contributed by atoms with van der Waals surface area (Å²) in [7, 11) is -3.32. The van der Waals surface area contributed by atoms with Crippen LogP contribution < -0.4 is 16.2 Å². The number of nitrogens with one attached hydrogen (secondary N) is 1. The van der Waals surface area contributed by atoms with Crippen LogP contribution >= 0.6 is 0 Å². The lowest BCUT2D eigenvalue weighted by molar-refractivity contribution is 0.529. The Morgan fingerprint density at radius 3 is 2.54 bits per heavy atom. The van der Waals surface area contributed by atoms with Crippen molar-refractivity contribution >= 4 is 10.0 Å². The number of hydrogen-bond donors (Lipinski definition) is 3. The Labute approximate surface area is 78.9 Å². The van der Waals surface area contributed by atoms with Gasteiger partial charge in [-0.3, -0.25) is 0 Å². The predicted molar refractivity (Wildman–Crippen MR) is 51.6 cm³/mol. The Morgan fingerprint density at radius 2 is 2.08 bits per heavy atom. The average Bonchev–Trinajstić information content (AvgIpc) is 2.33. The molecule has 13 heavy (non-hydrogen) atoms. The lowest BCUT2D eigenvalue weighted by Gasteiger charge is -2.10. The summed E-state index contributed by atoms with van der Waals surface area (Å²) in [6, 6.07) is 0.642. The lowest BCUT2D eigenvalue weighted by atomic mass is 10.2. The van der Waals surface area contributed by atoms with E-state index in [1.807, 2.05) is 0 Å². The minimum atomic E-state index is -3.32. The molecule has 1 fully saturated rings. The highest BCUT2D eigenvalue weighted by atomic mass is 32.2. The summed E-state index contributed by atoms with van der Waals surface area (Å²) in [5, 5.41) is 7.98. The Kier molecular flexibility index (Phi) is 3.66. The molecule has 1 aliphatic rings. The molecule has 0 radical (unpaired) electrons. The molecule has 0 bridgehead atoms. The summed E-state index contributed by atoms with van der Waals surface area (Å²) >= 11 is 0. The van der Waals surface area contributed by atoms with E-state index in [9.17, 15) is 8.42 Å². The first-order valence-electron chi connectivity index (χ1n) is 4.47. The van der Waals surface area contributed by atoms with E-state index in [4.69, 9.17) is 10.9 Å². The molecule has 2 atom stereocenters.